The zero-order valence-corrected chi connectivity index (χ0v) is 11.4. The van der Waals surface area contributed by atoms with Crippen LogP contribution in [0.5, 0.6) is 0 Å². The molecule has 0 amide bonds. The van der Waals surface area contributed by atoms with Gasteiger partial charge in [0.1, 0.15) is 16.9 Å². The van der Waals surface area contributed by atoms with Crippen molar-refractivity contribution in [1.82, 2.24) is 9.97 Å². The molecule has 0 fully saturated rings. The number of fused-ring (bicyclic) bond motifs is 3. The van der Waals surface area contributed by atoms with Gasteiger partial charge in [0, 0.05) is 11.4 Å². The van der Waals surface area contributed by atoms with Crippen LogP contribution in [0.2, 0.25) is 0 Å². The lowest BCUT2D eigenvalue weighted by Gasteiger charge is -2.12. The van der Waals surface area contributed by atoms with Gasteiger partial charge in [-0.15, -0.1) is 0 Å². The monoisotopic (exact) mass is 255 g/mol. The van der Waals surface area contributed by atoms with E-state index in [9.17, 15) is 0 Å². The third kappa shape index (κ3) is 2.03. The highest BCUT2D eigenvalue weighted by molar-refractivity contribution is 6.05. The second-order valence-electron chi connectivity index (χ2n) is 4.85. The third-order valence-electron chi connectivity index (χ3n) is 3.33. The fourth-order valence-electron chi connectivity index (χ4n) is 2.14. The summed E-state index contributed by atoms with van der Waals surface area (Å²) in [4.78, 5) is 8.98. The van der Waals surface area contributed by atoms with E-state index in [4.69, 9.17) is 4.42 Å². The summed E-state index contributed by atoms with van der Waals surface area (Å²) in [7, 11) is 0. The van der Waals surface area contributed by atoms with Gasteiger partial charge in [-0.2, -0.15) is 0 Å². The quantitative estimate of drug-likeness (QED) is 0.771. The minimum absolute atomic E-state index is 0.353. The topological polar surface area (TPSA) is 51.0 Å². The van der Waals surface area contributed by atoms with Gasteiger partial charge in [-0.1, -0.05) is 19.1 Å². The molecule has 0 aliphatic heterocycles. The van der Waals surface area contributed by atoms with Gasteiger partial charge in [0.25, 0.3) is 0 Å². The van der Waals surface area contributed by atoms with Gasteiger partial charge < -0.3 is 9.73 Å². The number of nitrogens with zero attached hydrogens (tertiary/aromatic N) is 2. The molecule has 1 atom stereocenters. The van der Waals surface area contributed by atoms with Crippen molar-refractivity contribution in [1.29, 1.82) is 0 Å². The Hall–Kier alpha value is -2.10. The predicted molar refractivity (Wildman–Crippen MR) is 77.4 cm³/mol. The molecule has 2 aromatic heterocycles. The first kappa shape index (κ1) is 12.0. The Morgan fingerprint density at radius 1 is 1.26 bits per heavy atom. The van der Waals surface area contributed by atoms with Gasteiger partial charge >= 0.3 is 0 Å². The molecular formula is C15H17N3O. The maximum Gasteiger partial charge on any atom is 0.196 e. The summed E-state index contributed by atoms with van der Waals surface area (Å²) in [5.41, 5.74) is 2.48. The number of para-hydroxylation sites is 1. The van der Waals surface area contributed by atoms with Crippen molar-refractivity contribution in [2.75, 3.05) is 5.32 Å². The first-order valence-electron chi connectivity index (χ1n) is 6.61. The van der Waals surface area contributed by atoms with Crippen LogP contribution in [-0.4, -0.2) is 16.0 Å². The van der Waals surface area contributed by atoms with Crippen molar-refractivity contribution in [3.05, 3.63) is 30.1 Å². The normalized spacial score (nSPS) is 13.0. The van der Waals surface area contributed by atoms with Crippen LogP contribution in [0.4, 0.5) is 5.82 Å². The number of furan rings is 1. The molecule has 3 rings (SSSR count). The van der Waals surface area contributed by atoms with Crippen molar-refractivity contribution in [3.63, 3.8) is 0 Å². The standard InChI is InChI=1S/C15H17N3O/c1-4-9(2)16-15-14-13(17-10(3)18-15)11-7-5-6-8-12(11)19-14/h5-9H,4H2,1-3H3,(H,16,17,18)/t9-/m0/s1. The molecule has 19 heavy (non-hydrogen) atoms. The Labute approximate surface area is 111 Å². The van der Waals surface area contributed by atoms with Crippen LogP contribution in [0.1, 0.15) is 26.1 Å². The van der Waals surface area contributed by atoms with Gasteiger partial charge in [-0.25, -0.2) is 9.97 Å². The predicted octanol–water partition coefficient (Wildman–Crippen LogP) is 3.89. The van der Waals surface area contributed by atoms with Crippen molar-refractivity contribution < 1.29 is 4.42 Å². The van der Waals surface area contributed by atoms with E-state index in [0.717, 1.165) is 40.1 Å². The summed E-state index contributed by atoms with van der Waals surface area (Å²) in [6.45, 7) is 6.18. The van der Waals surface area contributed by atoms with E-state index in [1.807, 2.05) is 31.2 Å². The number of benzene rings is 1. The molecule has 0 aliphatic rings. The summed E-state index contributed by atoms with van der Waals surface area (Å²) in [6.07, 6.45) is 1.03. The van der Waals surface area contributed by atoms with Gasteiger partial charge in [0.15, 0.2) is 11.4 Å². The van der Waals surface area contributed by atoms with Gasteiger partial charge in [0.2, 0.25) is 0 Å². The van der Waals surface area contributed by atoms with E-state index >= 15 is 0 Å². The molecular weight excluding hydrogens is 238 g/mol. The van der Waals surface area contributed by atoms with Crippen LogP contribution in [0.25, 0.3) is 22.1 Å². The minimum atomic E-state index is 0.353. The van der Waals surface area contributed by atoms with E-state index < -0.39 is 0 Å². The molecule has 98 valence electrons. The van der Waals surface area contributed by atoms with Crippen LogP contribution < -0.4 is 5.32 Å². The van der Waals surface area contributed by atoms with E-state index in [-0.39, 0.29) is 0 Å². The minimum Gasteiger partial charge on any atom is -0.450 e. The van der Waals surface area contributed by atoms with E-state index in [2.05, 4.69) is 29.1 Å². The molecule has 0 spiro atoms. The number of rotatable bonds is 3. The first-order chi connectivity index (χ1) is 9.19. The van der Waals surface area contributed by atoms with Crippen molar-refractivity contribution in [3.8, 4) is 0 Å². The highest BCUT2D eigenvalue weighted by Gasteiger charge is 2.15. The Bertz CT molecular complexity index is 733. The molecule has 0 unspecified atom stereocenters. The third-order valence-corrected chi connectivity index (χ3v) is 3.33. The molecule has 4 heteroatoms. The highest BCUT2D eigenvalue weighted by atomic mass is 16.3. The Morgan fingerprint density at radius 3 is 2.84 bits per heavy atom. The molecule has 2 heterocycles. The van der Waals surface area contributed by atoms with Crippen LogP contribution in [0.3, 0.4) is 0 Å². The molecule has 4 nitrogen and oxygen atoms in total. The van der Waals surface area contributed by atoms with Crippen molar-refractivity contribution in [2.45, 2.75) is 33.2 Å². The molecule has 0 saturated carbocycles. The number of hydrogen-bond donors (Lipinski definition) is 1. The molecule has 1 aromatic carbocycles. The van der Waals surface area contributed by atoms with Crippen LogP contribution in [-0.2, 0) is 0 Å². The molecule has 1 N–H and O–H groups in total. The molecule has 3 aromatic rings. The van der Waals surface area contributed by atoms with E-state index in [1.165, 1.54) is 0 Å². The maximum absolute atomic E-state index is 5.90. The highest BCUT2D eigenvalue weighted by Crippen LogP contribution is 2.31. The zero-order chi connectivity index (χ0) is 13.4. The number of anilines is 1. The van der Waals surface area contributed by atoms with E-state index in [1.54, 1.807) is 0 Å². The lowest BCUT2D eigenvalue weighted by Crippen LogP contribution is -2.15. The second-order valence-corrected chi connectivity index (χ2v) is 4.85. The Balaban J connectivity index is 2.26. The lowest BCUT2D eigenvalue weighted by molar-refractivity contribution is 0.662. The van der Waals surface area contributed by atoms with E-state index in [0.29, 0.717) is 6.04 Å². The summed E-state index contributed by atoms with van der Waals surface area (Å²) in [5, 5.41) is 4.43. The fraction of sp³-hybridized carbons (Fsp3) is 0.333. The van der Waals surface area contributed by atoms with Crippen LogP contribution >= 0.6 is 0 Å². The smallest absolute Gasteiger partial charge is 0.196 e. The van der Waals surface area contributed by atoms with Crippen LogP contribution in [0.15, 0.2) is 28.7 Å². The number of nitrogens with one attached hydrogen (secondary N) is 1. The SMILES string of the molecule is CC[C@H](C)Nc1nc(C)nc2c1oc1ccccc12. The van der Waals surface area contributed by atoms with Gasteiger partial charge in [0.05, 0.1) is 0 Å². The summed E-state index contributed by atoms with van der Waals surface area (Å²) in [5.74, 6) is 1.54. The molecule has 0 saturated heterocycles. The largest absolute Gasteiger partial charge is 0.450 e. The summed E-state index contributed by atoms with van der Waals surface area (Å²) in [6, 6.07) is 8.30. The fourth-order valence-corrected chi connectivity index (χ4v) is 2.14. The average molecular weight is 255 g/mol. The number of aryl methyl sites for hydroxylation is 1. The Kier molecular flexibility index (Phi) is 2.85. The summed E-state index contributed by atoms with van der Waals surface area (Å²) < 4.78 is 5.90. The zero-order valence-electron chi connectivity index (χ0n) is 11.4. The molecule has 0 radical (unpaired) electrons. The van der Waals surface area contributed by atoms with Gasteiger partial charge in [-0.05, 0) is 32.4 Å². The molecule has 0 bridgehead atoms. The van der Waals surface area contributed by atoms with Crippen LogP contribution in [0, 0.1) is 6.92 Å². The van der Waals surface area contributed by atoms with Gasteiger partial charge in [-0.3, -0.25) is 0 Å². The average Bonchev–Trinajstić information content (AvgIpc) is 2.77. The van der Waals surface area contributed by atoms with Crippen molar-refractivity contribution in [2.24, 2.45) is 0 Å². The lowest BCUT2D eigenvalue weighted by atomic mass is 10.2. The molecule has 0 aliphatic carbocycles. The van der Waals surface area contributed by atoms with Crippen molar-refractivity contribution >= 4 is 27.9 Å². The Morgan fingerprint density at radius 2 is 2.05 bits per heavy atom. The maximum atomic E-state index is 5.90. The second kappa shape index (κ2) is 4.53. The summed E-state index contributed by atoms with van der Waals surface area (Å²) >= 11 is 0. The number of hydrogen-bond acceptors (Lipinski definition) is 4. The first-order valence-corrected chi connectivity index (χ1v) is 6.61. The number of aromatic nitrogens is 2.